The number of aromatic nitrogens is 1. The number of fused-ring (bicyclic) bond motifs is 2. The Balaban J connectivity index is 1.66. The summed E-state index contributed by atoms with van der Waals surface area (Å²) in [4.78, 5) is 30.3. The molecule has 0 N–H and O–H groups in total. The van der Waals surface area contributed by atoms with Gasteiger partial charge < -0.3 is 9.15 Å². The molecule has 7 heteroatoms. The third-order valence-corrected chi connectivity index (χ3v) is 4.16. The summed E-state index contributed by atoms with van der Waals surface area (Å²) < 4.78 is 11.5. The zero-order chi connectivity index (χ0) is 16.7. The van der Waals surface area contributed by atoms with Crippen molar-refractivity contribution in [1.82, 2.24) is 4.98 Å². The Bertz CT molecular complexity index is 933. The minimum absolute atomic E-state index is 0.121. The molecule has 1 aliphatic heterocycles. The van der Waals surface area contributed by atoms with Crippen molar-refractivity contribution in [2.75, 3.05) is 18.1 Å². The Morgan fingerprint density at radius 1 is 1.25 bits per heavy atom. The maximum atomic E-state index is 12.6. The van der Waals surface area contributed by atoms with Crippen LogP contribution in [0.25, 0.3) is 11.0 Å². The molecular weight excluding hydrogens is 376 g/mol. The van der Waals surface area contributed by atoms with Crippen LogP contribution in [-0.2, 0) is 4.79 Å². The number of rotatable bonds is 3. The van der Waals surface area contributed by atoms with Crippen molar-refractivity contribution in [3.63, 3.8) is 0 Å². The molecular formula is C17H11BrN2O4. The number of hydrogen-bond acceptors (Lipinski definition) is 5. The minimum atomic E-state index is -0.322. The summed E-state index contributed by atoms with van der Waals surface area (Å²) in [6, 6.07) is 12.5. The highest BCUT2D eigenvalue weighted by molar-refractivity contribution is 9.10. The lowest BCUT2D eigenvalue weighted by Crippen LogP contribution is -2.42. The van der Waals surface area contributed by atoms with Gasteiger partial charge >= 0.3 is 0 Å². The van der Waals surface area contributed by atoms with E-state index in [1.54, 1.807) is 24.3 Å². The van der Waals surface area contributed by atoms with Gasteiger partial charge in [0.2, 0.25) is 5.78 Å². The predicted octanol–water partition coefficient (Wildman–Crippen LogP) is 3.20. The summed E-state index contributed by atoms with van der Waals surface area (Å²) in [5.41, 5.74) is 0.635. The molecule has 120 valence electrons. The SMILES string of the molecule is O=C(CN1C(=O)COc2ccc(Br)nc21)c1cc2ccccc2o1. The summed E-state index contributed by atoms with van der Waals surface area (Å²) in [6.07, 6.45) is 0. The molecule has 0 atom stereocenters. The summed E-state index contributed by atoms with van der Waals surface area (Å²) in [6.45, 7) is -0.276. The number of ether oxygens (including phenoxy) is 1. The number of carbonyl (C=O) groups is 2. The molecule has 3 heterocycles. The molecule has 0 fully saturated rings. The van der Waals surface area contributed by atoms with E-state index in [0.717, 1.165) is 5.39 Å². The van der Waals surface area contributed by atoms with E-state index < -0.39 is 0 Å². The molecule has 1 amide bonds. The fraction of sp³-hybridized carbons (Fsp3) is 0.118. The van der Waals surface area contributed by atoms with E-state index in [2.05, 4.69) is 20.9 Å². The van der Waals surface area contributed by atoms with E-state index in [9.17, 15) is 9.59 Å². The van der Waals surface area contributed by atoms with Crippen molar-refractivity contribution in [1.29, 1.82) is 0 Å². The molecule has 6 nitrogen and oxygen atoms in total. The molecule has 0 unspecified atom stereocenters. The fourth-order valence-corrected chi connectivity index (χ4v) is 2.86. The zero-order valence-electron chi connectivity index (χ0n) is 12.4. The number of hydrogen-bond donors (Lipinski definition) is 0. The zero-order valence-corrected chi connectivity index (χ0v) is 13.9. The maximum Gasteiger partial charge on any atom is 0.266 e. The van der Waals surface area contributed by atoms with Gasteiger partial charge in [0.05, 0.1) is 6.54 Å². The second kappa shape index (κ2) is 5.76. The standard InChI is InChI=1S/C17H11BrN2O4/c18-15-6-5-13-17(19-15)20(16(22)9-23-13)8-11(21)14-7-10-3-1-2-4-12(10)24-14/h1-7H,8-9H2. The Labute approximate surface area is 145 Å². The molecule has 3 aromatic rings. The Hall–Kier alpha value is -2.67. The van der Waals surface area contributed by atoms with Gasteiger partial charge in [-0.15, -0.1) is 0 Å². The fourth-order valence-electron chi connectivity index (χ4n) is 2.56. The monoisotopic (exact) mass is 386 g/mol. The number of ketones is 1. The Morgan fingerprint density at radius 2 is 2.08 bits per heavy atom. The van der Waals surface area contributed by atoms with E-state index in [4.69, 9.17) is 9.15 Å². The van der Waals surface area contributed by atoms with E-state index in [1.165, 1.54) is 4.90 Å². The lowest BCUT2D eigenvalue weighted by molar-refractivity contribution is -0.121. The maximum absolute atomic E-state index is 12.6. The van der Waals surface area contributed by atoms with Crippen molar-refractivity contribution in [3.05, 3.63) is 52.8 Å². The van der Waals surface area contributed by atoms with Crippen LogP contribution < -0.4 is 9.64 Å². The van der Waals surface area contributed by atoms with Crippen LogP contribution in [0.1, 0.15) is 10.6 Å². The molecule has 0 spiro atoms. The Kier molecular flexibility index (Phi) is 3.57. The van der Waals surface area contributed by atoms with Crippen LogP contribution in [0, 0.1) is 0 Å². The van der Waals surface area contributed by atoms with E-state index in [-0.39, 0.29) is 30.6 Å². The number of benzene rings is 1. The normalized spacial score (nSPS) is 13.7. The van der Waals surface area contributed by atoms with Crippen LogP contribution in [0.2, 0.25) is 0 Å². The molecule has 4 rings (SSSR count). The lowest BCUT2D eigenvalue weighted by Gasteiger charge is -2.27. The van der Waals surface area contributed by atoms with Gasteiger partial charge in [-0.05, 0) is 40.2 Å². The average molecular weight is 387 g/mol. The number of Topliss-reactive ketones (excluding diaryl/α,β-unsaturated/α-hetero) is 1. The van der Waals surface area contributed by atoms with Gasteiger partial charge in [0.15, 0.2) is 23.9 Å². The van der Waals surface area contributed by atoms with Crippen LogP contribution in [0.15, 0.2) is 51.5 Å². The van der Waals surface area contributed by atoms with Crippen molar-refractivity contribution in [3.8, 4) is 5.75 Å². The largest absolute Gasteiger partial charge is 0.480 e. The molecule has 0 saturated heterocycles. The molecule has 1 aliphatic rings. The molecule has 1 aromatic carbocycles. The van der Waals surface area contributed by atoms with E-state index in [0.29, 0.717) is 21.8 Å². The van der Waals surface area contributed by atoms with Crippen molar-refractivity contribution in [2.45, 2.75) is 0 Å². The number of halogens is 1. The lowest BCUT2D eigenvalue weighted by atomic mass is 10.2. The first-order valence-corrected chi connectivity index (χ1v) is 8.02. The summed E-state index contributed by atoms with van der Waals surface area (Å²) in [5.74, 6) is 0.388. The Morgan fingerprint density at radius 3 is 2.92 bits per heavy atom. The van der Waals surface area contributed by atoms with Crippen LogP contribution in [0.3, 0.4) is 0 Å². The molecule has 0 saturated carbocycles. The molecule has 0 radical (unpaired) electrons. The first kappa shape index (κ1) is 14.9. The number of anilines is 1. The highest BCUT2D eigenvalue weighted by Gasteiger charge is 2.30. The number of amides is 1. The van der Waals surface area contributed by atoms with Crippen LogP contribution in [0.5, 0.6) is 5.75 Å². The third-order valence-electron chi connectivity index (χ3n) is 3.72. The topological polar surface area (TPSA) is 72.6 Å². The number of carbonyl (C=O) groups excluding carboxylic acids is 2. The molecule has 0 bridgehead atoms. The van der Waals surface area contributed by atoms with Crippen molar-refractivity contribution in [2.24, 2.45) is 0 Å². The number of pyridine rings is 1. The summed E-state index contributed by atoms with van der Waals surface area (Å²) in [5, 5.41) is 0.843. The van der Waals surface area contributed by atoms with E-state index >= 15 is 0 Å². The van der Waals surface area contributed by atoms with Crippen molar-refractivity contribution < 1.29 is 18.7 Å². The van der Waals surface area contributed by atoms with Crippen molar-refractivity contribution >= 4 is 44.4 Å². The van der Waals surface area contributed by atoms with Crippen LogP contribution in [-0.4, -0.2) is 29.8 Å². The van der Waals surface area contributed by atoms with Gasteiger partial charge in [-0.25, -0.2) is 4.98 Å². The quantitative estimate of drug-likeness (QED) is 0.510. The van der Waals surface area contributed by atoms with Crippen LogP contribution >= 0.6 is 15.9 Å². The van der Waals surface area contributed by atoms with E-state index in [1.807, 2.05) is 18.2 Å². The molecule has 24 heavy (non-hydrogen) atoms. The predicted molar refractivity (Wildman–Crippen MR) is 90.3 cm³/mol. The van der Waals surface area contributed by atoms with Gasteiger partial charge in [0.25, 0.3) is 5.91 Å². The third kappa shape index (κ3) is 2.56. The van der Waals surface area contributed by atoms with Gasteiger partial charge in [-0.2, -0.15) is 0 Å². The number of nitrogens with zero attached hydrogens (tertiary/aromatic N) is 2. The number of furan rings is 1. The van der Waals surface area contributed by atoms with Gasteiger partial charge in [0, 0.05) is 5.39 Å². The second-order valence-corrected chi connectivity index (χ2v) is 6.11. The van der Waals surface area contributed by atoms with Gasteiger partial charge in [0.1, 0.15) is 10.2 Å². The smallest absolute Gasteiger partial charge is 0.266 e. The first-order chi connectivity index (χ1) is 11.6. The van der Waals surface area contributed by atoms with Gasteiger partial charge in [-0.1, -0.05) is 18.2 Å². The highest BCUT2D eigenvalue weighted by atomic mass is 79.9. The van der Waals surface area contributed by atoms with Gasteiger partial charge in [-0.3, -0.25) is 14.5 Å². The summed E-state index contributed by atoms with van der Waals surface area (Å²) in [7, 11) is 0. The second-order valence-electron chi connectivity index (χ2n) is 5.30. The first-order valence-electron chi connectivity index (χ1n) is 7.23. The minimum Gasteiger partial charge on any atom is -0.480 e. The number of para-hydroxylation sites is 1. The summed E-state index contributed by atoms with van der Waals surface area (Å²) >= 11 is 3.26. The van der Waals surface area contributed by atoms with Crippen LogP contribution in [0.4, 0.5) is 5.82 Å². The highest BCUT2D eigenvalue weighted by Crippen LogP contribution is 2.31. The molecule has 2 aromatic heterocycles. The molecule has 0 aliphatic carbocycles. The average Bonchev–Trinajstić information content (AvgIpc) is 3.01.